The average Bonchev–Trinajstić information content (AvgIpc) is 2.47. The van der Waals surface area contributed by atoms with Crippen LogP contribution in [0.2, 0.25) is 10.0 Å². The van der Waals surface area contributed by atoms with Crippen LogP contribution in [-0.4, -0.2) is 13.7 Å². The molecule has 0 atom stereocenters. The molecule has 112 valence electrons. The molecule has 21 heavy (non-hydrogen) atoms. The number of halogens is 2. The van der Waals surface area contributed by atoms with Crippen LogP contribution in [0.1, 0.15) is 12.5 Å². The molecule has 1 N–H and O–H groups in total. The minimum atomic E-state index is 0.594. The summed E-state index contributed by atoms with van der Waals surface area (Å²) in [6.45, 7) is 3.17. The smallest absolute Gasteiger partial charge is 0.161 e. The SMILES string of the molecule is CCOc1cc(CNc2ccc(Cl)cc2Cl)ccc1OC. The Labute approximate surface area is 134 Å². The Morgan fingerprint density at radius 2 is 1.86 bits per heavy atom. The van der Waals surface area contributed by atoms with Crippen molar-refractivity contribution in [2.45, 2.75) is 13.5 Å². The third-order valence-electron chi connectivity index (χ3n) is 2.94. The van der Waals surface area contributed by atoms with Crippen molar-refractivity contribution in [1.29, 1.82) is 0 Å². The predicted molar refractivity (Wildman–Crippen MR) is 88.0 cm³/mol. The average molecular weight is 326 g/mol. The highest BCUT2D eigenvalue weighted by atomic mass is 35.5. The molecular weight excluding hydrogens is 309 g/mol. The molecule has 2 aromatic carbocycles. The van der Waals surface area contributed by atoms with Crippen molar-refractivity contribution in [3.8, 4) is 11.5 Å². The van der Waals surface area contributed by atoms with Crippen LogP contribution in [0.15, 0.2) is 36.4 Å². The molecular formula is C16H17Cl2NO2. The molecule has 0 bridgehead atoms. The predicted octanol–water partition coefficient (Wildman–Crippen LogP) is 5.01. The van der Waals surface area contributed by atoms with Gasteiger partial charge in [-0.1, -0.05) is 29.3 Å². The molecule has 0 saturated carbocycles. The first-order valence-corrected chi connectivity index (χ1v) is 7.38. The molecule has 0 spiro atoms. The summed E-state index contributed by atoms with van der Waals surface area (Å²) >= 11 is 12.0. The van der Waals surface area contributed by atoms with Gasteiger partial charge in [-0.05, 0) is 42.8 Å². The fraction of sp³-hybridized carbons (Fsp3) is 0.250. The first-order valence-electron chi connectivity index (χ1n) is 6.62. The first kappa shape index (κ1) is 15.8. The Hall–Kier alpha value is -1.58. The lowest BCUT2D eigenvalue weighted by molar-refractivity contribution is 0.310. The van der Waals surface area contributed by atoms with Crippen LogP contribution in [0.25, 0.3) is 0 Å². The van der Waals surface area contributed by atoms with E-state index in [1.807, 2.05) is 31.2 Å². The van der Waals surface area contributed by atoms with E-state index in [2.05, 4.69) is 5.32 Å². The second-order valence-electron chi connectivity index (χ2n) is 4.40. The Morgan fingerprint density at radius 3 is 2.52 bits per heavy atom. The van der Waals surface area contributed by atoms with Gasteiger partial charge < -0.3 is 14.8 Å². The monoisotopic (exact) mass is 325 g/mol. The molecule has 2 rings (SSSR count). The highest BCUT2D eigenvalue weighted by molar-refractivity contribution is 6.36. The van der Waals surface area contributed by atoms with E-state index in [1.165, 1.54) is 0 Å². The number of anilines is 1. The molecule has 0 unspecified atom stereocenters. The topological polar surface area (TPSA) is 30.5 Å². The molecule has 0 aromatic heterocycles. The molecule has 0 aliphatic carbocycles. The zero-order valence-corrected chi connectivity index (χ0v) is 13.5. The van der Waals surface area contributed by atoms with Gasteiger partial charge in [0.05, 0.1) is 24.4 Å². The summed E-state index contributed by atoms with van der Waals surface area (Å²) in [6.07, 6.45) is 0. The zero-order chi connectivity index (χ0) is 15.2. The number of rotatable bonds is 6. The number of hydrogen-bond donors (Lipinski definition) is 1. The standard InChI is InChI=1S/C16H17Cl2NO2/c1-3-21-16-8-11(4-7-15(16)20-2)10-19-14-6-5-12(17)9-13(14)18/h4-9,19H,3,10H2,1-2H3. The first-order chi connectivity index (χ1) is 10.1. The number of hydrogen-bond acceptors (Lipinski definition) is 3. The van der Waals surface area contributed by atoms with E-state index >= 15 is 0 Å². The van der Waals surface area contributed by atoms with E-state index < -0.39 is 0 Å². The largest absolute Gasteiger partial charge is 0.493 e. The lowest BCUT2D eigenvalue weighted by atomic mass is 10.2. The van der Waals surface area contributed by atoms with Gasteiger partial charge in [0, 0.05) is 11.6 Å². The summed E-state index contributed by atoms with van der Waals surface area (Å²) in [5.74, 6) is 1.46. The molecule has 0 amide bonds. The van der Waals surface area contributed by atoms with E-state index in [1.54, 1.807) is 19.2 Å². The summed E-state index contributed by atoms with van der Waals surface area (Å²) < 4.78 is 10.8. The van der Waals surface area contributed by atoms with Crippen LogP contribution in [-0.2, 0) is 6.54 Å². The van der Waals surface area contributed by atoms with Gasteiger partial charge in [0.2, 0.25) is 0 Å². The van der Waals surface area contributed by atoms with Crippen LogP contribution in [0, 0.1) is 0 Å². The maximum Gasteiger partial charge on any atom is 0.161 e. The van der Waals surface area contributed by atoms with Gasteiger partial charge in [0.15, 0.2) is 11.5 Å². The van der Waals surface area contributed by atoms with Gasteiger partial charge in [-0.25, -0.2) is 0 Å². The van der Waals surface area contributed by atoms with Crippen molar-refractivity contribution in [1.82, 2.24) is 0 Å². The van der Waals surface area contributed by atoms with Gasteiger partial charge in [-0.3, -0.25) is 0 Å². The number of nitrogens with one attached hydrogen (secondary N) is 1. The van der Waals surface area contributed by atoms with Gasteiger partial charge in [0.1, 0.15) is 0 Å². The molecule has 0 radical (unpaired) electrons. The Bertz CT molecular complexity index is 617. The van der Waals surface area contributed by atoms with Crippen LogP contribution in [0.5, 0.6) is 11.5 Å². The Kier molecular flexibility index (Phi) is 5.59. The highest BCUT2D eigenvalue weighted by Gasteiger charge is 2.06. The maximum atomic E-state index is 6.13. The lowest BCUT2D eigenvalue weighted by Crippen LogP contribution is -2.02. The van der Waals surface area contributed by atoms with Crippen molar-refractivity contribution in [3.05, 3.63) is 52.0 Å². The van der Waals surface area contributed by atoms with Gasteiger partial charge in [-0.15, -0.1) is 0 Å². The third kappa shape index (κ3) is 4.19. The maximum absolute atomic E-state index is 6.13. The second-order valence-corrected chi connectivity index (χ2v) is 5.24. The molecule has 3 nitrogen and oxygen atoms in total. The van der Waals surface area contributed by atoms with Crippen molar-refractivity contribution >= 4 is 28.9 Å². The normalized spacial score (nSPS) is 10.3. The van der Waals surface area contributed by atoms with E-state index in [-0.39, 0.29) is 0 Å². The Morgan fingerprint density at radius 1 is 1.05 bits per heavy atom. The van der Waals surface area contributed by atoms with Crippen LogP contribution in [0.4, 0.5) is 5.69 Å². The second kappa shape index (κ2) is 7.43. The molecule has 5 heteroatoms. The number of benzene rings is 2. The summed E-state index contributed by atoms with van der Waals surface area (Å²) in [5.41, 5.74) is 1.92. The molecule has 0 heterocycles. The lowest BCUT2D eigenvalue weighted by Gasteiger charge is -2.13. The summed E-state index contributed by atoms with van der Waals surface area (Å²) in [5, 5.41) is 4.49. The van der Waals surface area contributed by atoms with E-state index in [4.69, 9.17) is 32.7 Å². The Balaban J connectivity index is 2.10. The fourth-order valence-corrected chi connectivity index (χ4v) is 2.40. The molecule has 0 saturated heterocycles. The van der Waals surface area contributed by atoms with E-state index in [9.17, 15) is 0 Å². The number of ether oxygens (including phenoxy) is 2. The van der Waals surface area contributed by atoms with Gasteiger partial charge in [0.25, 0.3) is 0 Å². The van der Waals surface area contributed by atoms with Crippen LogP contribution >= 0.6 is 23.2 Å². The molecule has 0 aliphatic heterocycles. The van der Waals surface area contributed by atoms with E-state index in [0.29, 0.717) is 23.2 Å². The highest BCUT2D eigenvalue weighted by Crippen LogP contribution is 2.29. The van der Waals surface area contributed by atoms with Crippen LogP contribution in [0.3, 0.4) is 0 Å². The summed E-state index contributed by atoms with van der Waals surface area (Å²) in [4.78, 5) is 0. The minimum absolute atomic E-state index is 0.594. The van der Waals surface area contributed by atoms with Gasteiger partial charge in [-0.2, -0.15) is 0 Å². The van der Waals surface area contributed by atoms with Crippen molar-refractivity contribution < 1.29 is 9.47 Å². The molecule has 0 aliphatic rings. The minimum Gasteiger partial charge on any atom is -0.493 e. The number of methoxy groups -OCH3 is 1. The zero-order valence-electron chi connectivity index (χ0n) is 12.0. The molecule has 2 aromatic rings. The quantitative estimate of drug-likeness (QED) is 0.809. The molecule has 0 fully saturated rings. The summed E-state index contributed by atoms with van der Waals surface area (Å²) in [7, 11) is 1.63. The van der Waals surface area contributed by atoms with Crippen molar-refractivity contribution in [2.24, 2.45) is 0 Å². The van der Waals surface area contributed by atoms with Crippen molar-refractivity contribution in [2.75, 3.05) is 19.0 Å². The third-order valence-corrected chi connectivity index (χ3v) is 3.49. The summed E-state index contributed by atoms with van der Waals surface area (Å²) in [6, 6.07) is 11.2. The fourth-order valence-electron chi connectivity index (χ4n) is 1.93. The van der Waals surface area contributed by atoms with Crippen molar-refractivity contribution in [3.63, 3.8) is 0 Å². The van der Waals surface area contributed by atoms with Crippen LogP contribution < -0.4 is 14.8 Å². The van der Waals surface area contributed by atoms with Gasteiger partial charge >= 0.3 is 0 Å². The van der Waals surface area contributed by atoms with E-state index in [0.717, 1.165) is 22.7 Å².